The Morgan fingerprint density at radius 2 is 1.48 bits per heavy atom. The Morgan fingerprint density at radius 3 is 1.97 bits per heavy atom. The molecule has 0 aromatic heterocycles. The fourth-order valence-corrected chi connectivity index (χ4v) is 3.64. The number of aliphatic hydroxyl groups is 1. The fraction of sp³-hybridized carbons (Fsp3) is 0.810. The van der Waals surface area contributed by atoms with Crippen molar-refractivity contribution in [1.29, 1.82) is 0 Å². The third-order valence-electron chi connectivity index (χ3n) is 5.31. The lowest BCUT2D eigenvalue weighted by Crippen LogP contribution is -2.58. The SMILES string of the molecule is CC(C)CC(NC(=O)C(N)C(C)O)C(=O)NC(CC(C)C)C(=O)N1CCCC1C(=O)O. The van der Waals surface area contributed by atoms with Gasteiger partial charge in [-0.3, -0.25) is 14.4 Å². The van der Waals surface area contributed by atoms with Gasteiger partial charge in [0.05, 0.1) is 6.10 Å². The van der Waals surface area contributed by atoms with E-state index in [4.69, 9.17) is 5.73 Å². The molecule has 5 atom stereocenters. The van der Waals surface area contributed by atoms with Crippen molar-refractivity contribution >= 4 is 23.7 Å². The number of nitrogens with two attached hydrogens (primary N) is 1. The molecule has 0 aromatic rings. The molecule has 1 fully saturated rings. The fourth-order valence-electron chi connectivity index (χ4n) is 3.64. The Labute approximate surface area is 183 Å². The molecule has 31 heavy (non-hydrogen) atoms. The normalized spacial score (nSPS) is 20.3. The van der Waals surface area contributed by atoms with Crippen molar-refractivity contribution in [3.63, 3.8) is 0 Å². The Balaban J connectivity index is 3.01. The van der Waals surface area contributed by atoms with Crippen molar-refractivity contribution < 1.29 is 29.4 Å². The first-order valence-corrected chi connectivity index (χ1v) is 10.9. The molecule has 178 valence electrons. The average Bonchev–Trinajstić information content (AvgIpc) is 3.14. The molecule has 1 rings (SSSR count). The maximum atomic E-state index is 13.1. The maximum Gasteiger partial charge on any atom is 0.326 e. The molecule has 10 heteroatoms. The zero-order valence-electron chi connectivity index (χ0n) is 19.1. The van der Waals surface area contributed by atoms with Crippen LogP contribution in [0.2, 0.25) is 0 Å². The van der Waals surface area contributed by atoms with Gasteiger partial charge in [-0.05, 0) is 44.4 Å². The van der Waals surface area contributed by atoms with Crippen LogP contribution in [0.4, 0.5) is 0 Å². The number of aliphatic hydroxyl groups excluding tert-OH is 1. The molecule has 3 amide bonds. The van der Waals surface area contributed by atoms with Crippen LogP contribution in [-0.4, -0.2) is 75.6 Å². The smallest absolute Gasteiger partial charge is 0.326 e. The van der Waals surface area contributed by atoms with E-state index in [1.165, 1.54) is 11.8 Å². The van der Waals surface area contributed by atoms with Crippen molar-refractivity contribution in [2.75, 3.05) is 6.54 Å². The second-order valence-electron chi connectivity index (χ2n) is 9.18. The molecule has 10 nitrogen and oxygen atoms in total. The van der Waals surface area contributed by atoms with E-state index in [9.17, 15) is 29.4 Å². The van der Waals surface area contributed by atoms with Crippen LogP contribution in [0.1, 0.15) is 60.3 Å². The number of carboxylic acid groups (broad SMARTS) is 1. The second-order valence-corrected chi connectivity index (χ2v) is 9.18. The number of aliphatic carboxylic acids is 1. The summed E-state index contributed by atoms with van der Waals surface area (Å²) in [7, 11) is 0. The topological polar surface area (TPSA) is 162 Å². The van der Waals surface area contributed by atoms with Crippen LogP contribution in [0, 0.1) is 11.8 Å². The second kappa shape index (κ2) is 12.0. The van der Waals surface area contributed by atoms with Gasteiger partial charge in [0, 0.05) is 6.54 Å². The molecule has 5 unspecified atom stereocenters. The largest absolute Gasteiger partial charge is 0.480 e. The van der Waals surface area contributed by atoms with Crippen LogP contribution in [0.25, 0.3) is 0 Å². The van der Waals surface area contributed by atoms with Crippen LogP contribution in [0.3, 0.4) is 0 Å². The van der Waals surface area contributed by atoms with E-state index in [-0.39, 0.29) is 11.8 Å². The van der Waals surface area contributed by atoms with E-state index < -0.39 is 54.0 Å². The molecule has 1 heterocycles. The number of carbonyl (C=O) groups excluding carboxylic acids is 3. The Morgan fingerprint density at radius 1 is 0.968 bits per heavy atom. The van der Waals surface area contributed by atoms with Gasteiger partial charge < -0.3 is 31.5 Å². The predicted molar refractivity (Wildman–Crippen MR) is 115 cm³/mol. The van der Waals surface area contributed by atoms with E-state index >= 15 is 0 Å². The Hall–Kier alpha value is -2.20. The van der Waals surface area contributed by atoms with E-state index in [1.54, 1.807) is 0 Å². The van der Waals surface area contributed by atoms with Crippen LogP contribution in [0.15, 0.2) is 0 Å². The number of nitrogens with zero attached hydrogens (tertiary/aromatic N) is 1. The minimum Gasteiger partial charge on any atom is -0.480 e. The minimum atomic E-state index is -1.18. The number of amides is 3. The number of hydrogen-bond donors (Lipinski definition) is 5. The molecule has 1 saturated heterocycles. The summed E-state index contributed by atoms with van der Waals surface area (Å²) in [5, 5.41) is 24.2. The summed E-state index contributed by atoms with van der Waals surface area (Å²) < 4.78 is 0. The number of hydrogen-bond acceptors (Lipinski definition) is 6. The minimum absolute atomic E-state index is 0.0630. The number of carboxylic acids is 1. The zero-order chi connectivity index (χ0) is 23.9. The van der Waals surface area contributed by atoms with Gasteiger partial charge >= 0.3 is 5.97 Å². The highest BCUT2D eigenvalue weighted by Gasteiger charge is 2.38. The van der Waals surface area contributed by atoms with Crippen LogP contribution >= 0.6 is 0 Å². The average molecular weight is 443 g/mol. The van der Waals surface area contributed by atoms with Gasteiger partial charge in [0.25, 0.3) is 0 Å². The van der Waals surface area contributed by atoms with Gasteiger partial charge in [-0.1, -0.05) is 27.7 Å². The standard InChI is InChI=1S/C21H38N4O6/c1-11(2)9-14(23-19(28)17(22)13(5)26)18(27)24-15(10-12(3)4)20(29)25-8-6-7-16(25)21(30)31/h11-17,26H,6-10,22H2,1-5H3,(H,23,28)(H,24,27)(H,30,31). The first kappa shape index (κ1) is 26.8. The van der Waals surface area contributed by atoms with E-state index in [0.717, 1.165) is 0 Å². The molecular formula is C21H38N4O6. The molecular weight excluding hydrogens is 404 g/mol. The molecule has 0 aromatic carbocycles. The molecule has 0 radical (unpaired) electrons. The quantitative estimate of drug-likeness (QED) is 0.297. The Bertz CT molecular complexity index is 652. The highest BCUT2D eigenvalue weighted by molar-refractivity contribution is 5.94. The van der Waals surface area contributed by atoms with Crippen molar-refractivity contribution in [1.82, 2.24) is 15.5 Å². The van der Waals surface area contributed by atoms with Gasteiger partial charge in [0.15, 0.2) is 0 Å². The summed E-state index contributed by atoms with van der Waals surface area (Å²) in [6.45, 7) is 9.29. The van der Waals surface area contributed by atoms with E-state index in [1.807, 2.05) is 27.7 Å². The summed E-state index contributed by atoms with van der Waals surface area (Å²) in [5.74, 6) is -2.55. The number of likely N-dealkylation sites (tertiary alicyclic amines) is 1. The van der Waals surface area contributed by atoms with Crippen LogP contribution in [-0.2, 0) is 19.2 Å². The molecule has 1 aliphatic rings. The lowest BCUT2D eigenvalue weighted by atomic mass is 9.99. The highest BCUT2D eigenvalue weighted by Crippen LogP contribution is 2.20. The molecule has 6 N–H and O–H groups in total. The molecule has 0 spiro atoms. The van der Waals surface area contributed by atoms with Gasteiger partial charge in [-0.15, -0.1) is 0 Å². The van der Waals surface area contributed by atoms with Crippen molar-refractivity contribution in [2.24, 2.45) is 17.6 Å². The lowest BCUT2D eigenvalue weighted by Gasteiger charge is -2.30. The van der Waals surface area contributed by atoms with Crippen molar-refractivity contribution in [3.8, 4) is 0 Å². The van der Waals surface area contributed by atoms with Crippen LogP contribution < -0.4 is 16.4 Å². The third-order valence-corrected chi connectivity index (χ3v) is 5.31. The number of rotatable bonds is 11. The summed E-state index contributed by atoms with van der Waals surface area (Å²) >= 11 is 0. The van der Waals surface area contributed by atoms with Gasteiger partial charge in [-0.2, -0.15) is 0 Å². The first-order chi connectivity index (χ1) is 14.3. The van der Waals surface area contributed by atoms with Gasteiger partial charge in [0.1, 0.15) is 24.2 Å². The zero-order valence-corrected chi connectivity index (χ0v) is 19.1. The number of carbonyl (C=O) groups is 4. The summed E-state index contributed by atoms with van der Waals surface area (Å²) in [4.78, 5) is 51.2. The van der Waals surface area contributed by atoms with Crippen molar-refractivity contribution in [2.45, 2.75) is 90.6 Å². The Kier molecular flexibility index (Phi) is 10.4. The van der Waals surface area contributed by atoms with Crippen molar-refractivity contribution in [3.05, 3.63) is 0 Å². The van der Waals surface area contributed by atoms with Gasteiger partial charge in [-0.25, -0.2) is 4.79 Å². The lowest BCUT2D eigenvalue weighted by molar-refractivity contribution is -0.149. The third kappa shape index (κ3) is 8.10. The van der Waals surface area contributed by atoms with Crippen LogP contribution in [0.5, 0.6) is 0 Å². The summed E-state index contributed by atoms with van der Waals surface area (Å²) in [6, 6.07) is -3.91. The molecule has 0 saturated carbocycles. The number of nitrogens with one attached hydrogen (secondary N) is 2. The first-order valence-electron chi connectivity index (χ1n) is 10.9. The summed E-state index contributed by atoms with van der Waals surface area (Å²) in [6.07, 6.45) is 0.541. The van der Waals surface area contributed by atoms with Gasteiger partial charge in [0.2, 0.25) is 17.7 Å². The highest BCUT2D eigenvalue weighted by atomic mass is 16.4. The summed E-state index contributed by atoms with van der Waals surface area (Å²) in [5.41, 5.74) is 5.67. The predicted octanol–water partition coefficient (Wildman–Crippen LogP) is -0.168. The molecule has 1 aliphatic heterocycles. The maximum absolute atomic E-state index is 13.1. The van der Waals surface area contributed by atoms with E-state index in [0.29, 0.717) is 32.2 Å². The molecule has 0 bridgehead atoms. The molecule has 0 aliphatic carbocycles. The van der Waals surface area contributed by atoms with E-state index in [2.05, 4.69) is 10.6 Å². The monoisotopic (exact) mass is 442 g/mol.